The molecule has 0 aliphatic carbocycles. The molecule has 0 fully saturated rings. The standard InChI is InChI=1S/C9H9ClN4O4/c10-6-3-12-2-5(13-6)8(16)14-4(9(17)18)1-7(11)15/h2-4H,1H2,(H2,11,15)(H,14,16)(H,17,18). The molecule has 2 amide bonds. The van der Waals surface area contributed by atoms with Crippen LogP contribution >= 0.6 is 11.6 Å². The summed E-state index contributed by atoms with van der Waals surface area (Å²) in [6.45, 7) is 0. The molecule has 1 unspecified atom stereocenters. The first-order valence-corrected chi connectivity index (χ1v) is 5.07. The second-order valence-corrected chi connectivity index (χ2v) is 3.65. The fourth-order valence-electron chi connectivity index (χ4n) is 1.09. The maximum atomic E-state index is 11.6. The number of carbonyl (C=O) groups excluding carboxylic acids is 2. The Hall–Kier alpha value is -2.22. The number of aromatic nitrogens is 2. The van der Waals surface area contributed by atoms with Crippen molar-refractivity contribution in [1.29, 1.82) is 0 Å². The quantitative estimate of drug-likeness (QED) is 0.641. The summed E-state index contributed by atoms with van der Waals surface area (Å²) in [4.78, 5) is 40.3. The summed E-state index contributed by atoms with van der Waals surface area (Å²) in [7, 11) is 0. The lowest BCUT2D eigenvalue weighted by molar-refractivity contribution is -0.140. The zero-order valence-corrected chi connectivity index (χ0v) is 9.72. The molecule has 1 heterocycles. The molecular formula is C9H9ClN4O4. The summed E-state index contributed by atoms with van der Waals surface area (Å²) in [5, 5.41) is 10.9. The number of carboxylic acid groups (broad SMARTS) is 1. The third-order valence-electron chi connectivity index (χ3n) is 1.85. The fraction of sp³-hybridized carbons (Fsp3) is 0.222. The van der Waals surface area contributed by atoms with Gasteiger partial charge in [0.2, 0.25) is 5.91 Å². The van der Waals surface area contributed by atoms with E-state index in [0.29, 0.717) is 0 Å². The van der Waals surface area contributed by atoms with Crippen molar-refractivity contribution in [3.05, 3.63) is 23.2 Å². The molecule has 0 spiro atoms. The third kappa shape index (κ3) is 3.98. The zero-order valence-electron chi connectivity index (χ0n) is 8.96. The summed E-state index contributed by atoms with van der Waals surface area (Å²) in [6, 6.07) is -1.42. The van der Waals surface area contributed by atoms with Crippen LogP contribution in [-0.4, -0.2) is 38.9 Å². The Morgan fingerprint density at radius 3 is 2.61 bits per heavy atom. The van der Waals surface area contributed by atoms with Crippen LogP contribution in [0.1, 0.15) is 16.9 Å². The molecule has 0 aliphatic heterocycles. The number of nitrogens with zero attached hydrogens (tertiary/aromatic N) is 2. The summed E-state index contributed by atoms with van der Waals surface area (Å²) in [6.07, 6.45) is 1.82. The number of nitrogens with one attached hydrogen (secondary N) is 1. The van der Waals surface area contributed by atoms with E-state index in [4.69, 9.17) is 22.4 Å². The number of nitrogens with two attached hydrogens (primary N) is 1. The van der Waals surface area contributed by atoms with E-state index in [-0.39, 0.29) is 10.8 Å². The molecular weight excluding hydrogens is 264 g/mol. The SMILES string of the molecule is NC(=O)CC(NC(=O)c1cncc(Cl)n1)C(=O)O. The van der Waals surface area contributed by atoms with E-state index < -0.39 is 30.2 Å². The third-order valence-corrected chi connectivity index (χ3v) is 2.03. The van der Waals surface area contributed by atoms with Gasteiger partial charge in [0.25, 0.3) is 5.91 Å². The fourth-order valence-corrected chi connectivity index (χ4v) is 1.23. The molecule has 0 bridgehead atoms. The Bertz CT molecular complexity index is 493. The van der Waals surface area contributed by atoms with Crippen LogP contribution < -0.4 is 11.1 Å². The minimum atomic E-state index is -1.42. The van der Waals surface area contributed by atoms with Crippen molar-refractivity contribution in [2.45, 2.75) is 12.5 Å². The minimum Gasteiger partial charge on any atom is -0.480 e. The van der Waals surface area contributed by atoms with Gasteiger partial charge < -0.3 is 16.2 Å². The van der Waals surface area contributed by atoms with Crippen molar-refractivity contribution >= 4 is 29.4 Å². The second kappa shape index (κ2) is 5.92. The van der Waals surface area contributed by atoms with Gasteiger partial charge >= 0.3 is 5.97 Å². The second-order valence-electron chi connectivity index (χ2n) is 3.26. The van der Waals surface area contributed by atoms with Crippen LogP contribution in [-0.2, 0) is 9.59 Å². The van der Waals surface area contributed by atoms with Gasteiger partial charge in [-0.1, -0.05) is 11.6 Å². The molecule has 0 radical (unpaired) electrons. The van der Waals surface area contributed by atoms with Crippen molar-refractivity contribution in [2.75, 3.05) is 0 Å². The maximum Gasteiger partial charge on any atom is 0.326 e. The van der Waals surface area contributed by atoms with Gasteiger partial charge in [-0.05, 0) is 0 Å². The topological polar surface area (TPSA) is 135 Å². The van der Waals surface area contributed by atoms with Crippen LogP contribution in [0.3, 0.4) is 0 Å². The van der Waals surface area contributed by atoms with Gasteiger partial charge in [0, 0.05) is 0 Å². The molecule has 4 N–H and O–H groups in total. The molecule has 1 aromatic heterocycles. The summed E-state index contributed by atoms with van der Waals surface area (Å²) in [5.41, 5.74) is 4.71. The maximum absolute atomic E-state index is 11.6. The number of amides is 2. The molecule has 0 saturated carbocycles. The Morgan fingerprint density at radius 1 is 1.44 bits per heavy atom. The molecule has 18 heavy (non-hydrogen) atoms. The lowest BCUT2D eigenvalue weighted by Crippen LogP contribution is -2.43. The van der Waals surface area contributed by atoms with Gasteiger partial charge in [0.1, 0.15) is 16.9 Å². The van der Waals surface area contributed by atoms with Crippen LogP contribution in [0.2, 0.25) is 5.15 Å². The van der Waals surface area contributed by atoms with Crippen LogP contribution in [0, 0.1) is 0 Å². The van der Waals surface area contributed by atoms with E-state index in [1.165, 1.54) is 6.20 Å². The van der Waals surface area contributed by atoms with Gasteiger partial charge in [-0.15, -0.1) is 0 Å². The first-order valence-electron chi connectivity index (χ1n) is 4.69. The zero-order chi connectivity index (χ0) is 13.7. The highest BCUT2D eigenvalue weighted by molar-refractivity contribution is 6.29. The average molecular weight is 273 g/mol. The Labute approximate surface area is 106 Å². The van der Waals surface area contributed by atoms with Gasteiger partial charge in [-0.2, -0.15) is 0 Å². The minimum absolute atomic E-state index is 0.00979. The first-order chi connectivity index (χ1) is 8.40. The van der Waals surface area contributed by atoms with E-state index >= 15 is 0 Å². The Morgan fingerprint density at radius 2 is 2.11 bits per heavy atom. The molecule has 1 aromatic rings. The smallest absolute Gasteiger partial charge is 0.326 e. The lowest BCUT2D eigenvalue weighted by Gasteiger charge is -2.12. The van der Waals surface area contributed by atoms with Crippen LogP contribution in [0.25, 0.3) is 0 Å². The van der Waals surface area contributed by atoms with Crippen molar-refractivity contribution in [1.82, 2.24) is 15.3 Å². The highest BCUT2D eigenvalue weighted by Crippen LogP contribution is 2.03. The van der Waals surface area contributed by atoms with Crippen molar-refractivity contribution in [2.24, 2.45) is 5.73 Å². The van der Waals surface area contributed by atoms with Gasteiger partial charge in [-0.25, -0.2) is 9.78 Å². The number of halogens is 1. The average Bonchev–Trinajstić information content (AvgIpc) is 2.27. The molecule has 0 saturated heterocycles. The molecule has 0 aliphatic rings. The van der Waals surface area contributed by atoms with Gasteiger partial charge in [0.15, 0.2) is 0 Å². The number of hydrogen-bond donors (Lipinski definition) is 3. The molecule has 1 rings (SSSR count). The molecule has 9 heteroatoms. The van der Waals surface area contributed by atoms with Crippen LogP contribution in [0.5, 0.6) is 0 Å². The Kier molecular flexibility index (Phi) is 4.55. The van der Waals surface area contributed by atoms with E-state index in [9.17, 15) is 14.4 Å². The first kappa shape index (κ1) is 13.8. The van der Waals surface area contributed by atoms with E-state index in [0.717, 1.165) is 6.20 Å². The van der Waals surface area contributed by atoms with Crippen molar-refractivity contribution in [3.63, 3.8) is 0 Å². The highest BCUT2D eigenvalue weighted by atomic mass is 35.5. The summed E-state index contributed by atoms with van der Waals surface area (Å²) >= 11 is 5.53. The van der Waals surface area contributed by atoms with Crippen LogP contribution in [0.15, 0.2) is 12.4 Å². The van der Waals surface area contributed by atoms with Gasteiger partial charge in [-0.3, -0.25) is 14.6 Å². The van der Waals surface area contributed by atoms with E-state index in [1.807, 2.05) is 0 Å². The number of aliphatic carboxylic acids is 1. The van der Waals surface area contributed by atoms with Crippen molar-refractivity contribution < 1.29 is 19.5 Å². The number of primary amides is 1. The number of rotatable bonds is 5. The number of hydrogen-bond acceptors (Lipinski definition) is 5. The van der Waals surface area contributed by atoms with E-state index in [2.05, 4.69) is 15.3 Å². The molecule has 96 valence electrons. The van der Waals surface area contributed by atoms with E-state index in [1.54, 1.807) is 0 Å². The van der Waals surface area contributed by atoms with Crippen molar-refractivity contribution in [3.8, 4) is 0 Å². The predicted octanol–water partition coefficient (Wildman–Crippen LogP) is -0.812. The molecule has 0 aromatic carbocycles. The highest BCUT2D eigenvalue weighted by Gasteiger charge is 2.23. The molecule has 8 nitrogen and oxygen atoms in total. The van der Waals surface area contributed by atoms with Gasteiger partial charge in [0.05, 0.1) is 18.8 Å². The largest absolute Gasteiger partial charge is 0.480 e. The predicted molar refractivity (Wildman–Crippen MR) is 59.7 cm³/mol. The summed E-state index contributed by atoms with van der Waals surface area (Å²) < 4.78 is 0. The lowest BCUT2D eigenvalue weighted by atomic mass is 10.2. The Balaban J connectivity index is 2.78. The number of carbonyl (C=O) groups is 3. The van der Waals surface area contributed by atoms with Crippen LogP contribution in [0.4, 0.5) is 0 Å². The summed E-state index contributed by atoms with van der Waals surface area (Å²) in [5.74, 6) is -3.03. The normalized spacial score (nSPS) is 11.6. The molecule has 1 atom stereocenters. The number of carboxylic acids is 1. The monoisotopic (exact) mass is 272 g/mol.